The molecule has 8 nitrogen and oxygen atoms in total. The second-order valence-electron chi connectivity index (χ2n) is 7.01. The Morgan fingerprint density at radius 3 is 2.44 bits per heavy atom. The third-order valence-electron chi connectivity index (χ3n) is 4.61. The van der Waals surface area contributed by atoms with Crippen LogP contribution in [0.25, 0.3) is 0 Å². The Hall–Kier alpha value is -4.16. The molecule has 0 spiro atoms. The third-order valence-corrected chi connectivity index (χ3v) is 5.60. The highest BCUT2D eigenvalue weighted by molar-refractivity contribution is 8.00. The molecule has 1 heterocycles. The maximum absolute atomic E-state index is 12.7. The van der Waals surface area contributed by atoms with E-state index >= 15 is 0 Å². The fourth-order valence-electron chi connectivity index (χ4n) is 3.02. The molecule has 3 rings (SSSR count). The van der Waals surface area contributed by atoms with Crippen LogP contribution in [0.1, 0.15) is 38.9 Å². The summed E-state index contributed by atoms with van der Waals surface area (Å²) in [6.45, 7) is 3.54. The Bertz CT molecular complexity index is 1260. The lowest BCUT2D eigenvalue weighted by molar-refractivity contribution is -0.113. The van der Waals surface area contributed by atoms with E-state index in [9.17, 15) is 19.6 Å². The number of carbonyl (C=O) groups excluding carboxylic acids is 3. The van der Waals surface area contributed by atoms with Crippen LogP contribution in [0.5, 0.6) is 0 Å². The van der Waals surface area contributed by atoms with E-state index in [4.69, 9.17) is 4.74 Å². The van der Waals surface area contributed by atoms with Crippen molar-refractivity contribution >= 4 is 40.9 Å². The maximum atomic E-state index is 12.7. The van der Waals surface area contributed by atoms with E-state index in [1.54, 1.807) is 50.2 Å². The Morgan fingerprint density at radius 1 is 1.03 bits per heavy atom. The molecule has 9 heteroatoms. The third kappa shape index (κ3) is 6.21. The van der Waals surface area contributed by atoms with Crippen LogP contribution < -0.4 is 10.6 Å². The van der Waals surface area contributed by atoms with Crippen LogP contribution in [0, 0.1) is 18.3 Å². The summed E-state index contributed by atoms with van der Waals surface area (Å²) in [6.07, 6.45) is 0. The molecule has 34 heavy (non-hydrogen) atoms. The van der Waals surface area contributed by atoms with Crippen LogP contribution in [-0.4, -0.2) is 35.1 Å². The molecule has 0 aliphatic heterocycles. The summed E-state index contributed by atoms with van der Waals surface area (Å²) in [4.78, 5) is 41.7. The second-order valence-corrected chi connectivity index (χ2v) is 7.97. The smallest absolute Gasteiger partial charge is 0.340 e. The van der Waals surface area contributed by atoms with Crippen LogP contribution in [0.4, 0.5) is 11.4 Å². The number of pyridine rings is 1. The van der Waals surface area contributed by atoms with Gasteiger partial charge in [0.1, 0.15) is 11.1 Å². The van der Waals surface area contributed by atoms with Gasteiger partial charge in [-0.25, -0.2) is 9.78 Å². The van der Waals surface area contributed by atoms with E-state index < -0.39 is 5.97 Å². The molecule has 3 aromatic rings. The molecule has 1 aromatic heterocycles. The zero-order valence-corrected chi connectivity index (χ0v) is 19.4. The number of esters is 1. The van der Waals surface area contributed by atoms with Gasteiger partial charge in [-0.2, -0.15) is 5.26 Å². The number of rotatable bonds is 8. The molecule has 0 aliphatic carbocycles. The van der Waals surface area contributed by atoms with Crippen molar-refractivity contribution in [2.75, 3.05) is 23.0 Å². The molecule has 0 radical (unpaired) electrons. The minimum Gasteiger partial charge on any atom is -0.462 e. The Morgan fingerprint density at radius 2 is 1.74 bits per heavy atom. The van der Waals surface area contributed by atoms with E-state index in [0.29, 0.717) is 27.7 Å². The number of hydrogen-bond donors (Lipinski definition) is 2. The fraction of sp³-hybridized carbons (Fsp3) is 0.160. The zero-order valence-electron chi connectivity index (χ0n) is 18.6. The van der Waals surface area contributed by atoms with Crippen molar-refractivity contribution in [1.29, 1.82) is 5.26 Å². The van der Waals surface area contributed by atoms with E-state index in [0.717, 1.165) is 11.8 Å². The SMILES string of the molecule is CCOC(=O)c1cc(C#N)c(SCC(=O)Nc2ccccc2C(=O)Nc2ccccc2)nc1C. The van der Waals surface area contributed by atoms with Crippen molar-refractivity contribution in [3.05, 3.63) is 83.0 Å². The van der Waals surface area contributed by atoms with Gasteiger partial charge in [-0.1, -0.05) is 42.1 Å². The number of nitriles is 1. The highest BCUT2D eigenvalue weighted by Gasteiger charge is 2.18. The lowest BCUT2D eigenvalue weighted by Gasteiger charge is -2.12. The summed E-state index contributed by atoms with van der Waals surface area (Å²) in [7, 11) is 0. The van der Waals surface area contributed by atoms with Crippen molar-refractivity contribution in [1.82, 2.24) is 4.98 Å². The molecule has 0 atom stereocenters. The first-order chi connectivity index (χ1) is 16.4. The molecular weight excluding hydrogens is 452 g/mol. The van der Waals surface area contributed by atoms with Gasteiger partial charge in [0, 0.05) is 5.69 Å². The van der Waals surface area contributed by atoms with E-state index in [1.807, 2.05) is 24.3 Å². The summed E-state index contributed by atoms with van der Waals surface area (Å²) >= 11 is 1.07. The highest BCUT2D eigenvalue weighted by atomic mass is 32.2. The maximum Gasteiger partial charge on any atom is 0.340 e. The number of thioether (sulfide) groups is 1. The van der Waals surface area contributed by atoms with Crippen LogP contribution in [0.15, 0.2) is 65.7 Å². The lowest BCUT2D eigenvalue weighted by Crippen LogP contribution is -2.19. The van der Waals surface area contributed by atoms with Gasteiger partial charge in [0.25, 0.3) is 5.91 Å². The number of aromatic nitrogens is 1. The molecule has 2 N–H and O–H groups in total. The average Bonchev–Trinajstić information content (AvgIpc) is 2.83. The van der Waals surface area contributed by atoms with Gasteiger partial charge >= 0.3 is 5.97 Å². The number of ether oxygens (including phenoxy) is 1. The van der Waals surface area contributed by atoms with E-state index in [1.165, 1.54) is 6.07 Å². The number of nitrogens with zero attached hydrogens (tertiary/aromatic N) is 2. The number of benzene rings is 2. The van der Waals surface area contributed by atoms with Gasteiger partial charge in [-0.05, 0) is 44.2 Å². The van der Waals surface area contributed by atoms with Crippen LogP contribution >= 0.6 is 11.8 Å². The number of carbonyl (C=O) groups is 3. The first-order valence-corrected chi connectivity index (χ1v) is 11.4. The van der Waals surface area contributed by atoms with Crippen LogP contribution in [0.2, 0.25) is 0 Å². The lowest BCUT2D eigenvalue weighted by atomic mass is 10.1. The predicted octanol–water partition coefficient (Wildman–Crippen LogP) is 4.42. The molecular formula is C25H22N4O4S. The van der Waals surface area contributed by atoms with Gasteiger partial charge in [-0.3, -0.25) is 9.59 Å². The van der Waals surface area contributed by atoms with E-state index in [-0.39, 0.29) is 35.3 Å². The van der Waals surface area contributed by atoms with Gasteiger partial charge < -0.3 is 15.4 Å². The standard InChI is InChI=1S/C25H22N4O4S/c1-3-33-25(32)20-13-17(14-26)24(27-16(20)2)34-15-22(30)29-21-12-8-7-11-19(21)23(31)28-18-9-5-4-6-10-18/h4-13H,3,15H2,1-2H3,(H,28,31)(H,29,30). The molecule has 0 aliphatic rings. The van der Waals surface area contributed by atoms with Crippen molar-refractivity contribution < 1.29 is 19.1 Å². The average molecular weight is 475 g/mol. The van der Waals surface area contributed by atoms with Crippen molar-refractivity contribution in [2.24, 2.45) is 0 Å². The topological polar surface area (TPSA) is 121 Å². The summed E-state index contributed by atoms with van der Waals surface area (Å²) in [5, 5.41) is 15.3. The minimum atomic E-state index is -0.552. The first-order valence-electron chi connectivity index (χ1n) is 10.4. The Balaban J connectivity index is 1.69. The molecule has 0 bridgehead atoms. The number of anilines is 2. The second kappa shape index (κ2) is 11.6. The van der Waals surface area contributed by atoms with Crippen LogP contribution in [0.3, 0.4) is 0 Å². The Kier molecular flexibility index (Phi) is 8.37. The highest BCUT2D eigenvalue weighted by Crippen LogP contribution is 2.24. The summed E-state index contributed by atoms with van der Waals surface area (Å²) in [6, 6.07) is 19.1. The summed E-state index contributed by atoms with van der Waals surface area (Å²) < 4.78 is 4.99. The van der Waals surface area contributed by atoms with Gasteiger partial charge in [0.2, 0.25) is 5.91 Å². The largest absolute Gasteiger partial charge is 0.462 e. The molecule has 0 unspecified atom stereocenters. The quantitative estimate of drug-likeness (QED) is 0.366. The number of aryl methyl sites for hydroxylation is 1. The van der Waals surface area contributed by atoms with Crippen molar-refractivity contribution in [2.45, 2.75) is 18.9 Å². The molecule has 2 aromatic carbocycles. The number of para-hydroxylation sites is 2. The van der Waals surface area contributed by atoms with Crippen LogP contribution in [-0.2, 0) is 9.53 Å². The molecule has 0 saturated heterocycles. The normalized spacial score (nSPS) is 10.1. The molecule has 0 fully saturated rings. The minimum absolute atomic E-state index is 0.0471. The molecule has 0 saturated carbocycles. The molecule has 172 valence electrons. The van der Waals surface area contributed by atoms with E-state index in [2.05, 4.69) is 15.6 Å². The van der Waals surface area contributed by atoms with Crippen molar-refractivity contribution in [3.63, 3.8) is 0 Å². The summed E-state index contributed by atoms with van der Waals surface area (Å²) in [5.41, 5.74) is 2.11. The number of hydrogen-bond acceptors (Lipinski definition) is 7. The van der Waals surface area contributed by atoms with Gasteiger partial charge in [-0.15, -0.1) is 0 Å². The van der Waals surface area contributed by atoms with Gasteiger partial charge in [0.05, 0.1) is 40.4 Å². The zero-order chi connectivity index (χ0) is 24.5. The number of nitrogens with one attached hydrogen (secondary N) is 2. The predicted molar refractivity (Wildman–Crippen MR) is 130 cm³/mol. The van der Waals surface area contributed by atoms with Crippen molar-refractivity contribution in [3.8, 4) is 6.07 Å². The fourth-order valence-corrected chi connectivity index (χ4v) is 3.82. The molecule has 2 amide bonds. The Labute approximate surface area is 201 Å². The van der Waals surface area contributed by atoms with Gasteiger partial charge in [0.15, 0.2) is 0 Å². The monoisotopic (exact) mass is 474 g/mol. The summed E-state index contributed by atoms with van der Waals surface area (Å²) in [5.74, 6) is -1.33. The number of amides is 2. The first kappa shape index (κ1) is 24.5.